The lowest BCUT2D eigenvalue weighted by atomic mass is 9.84. The van der Waals surface area contributed by atoms with Gasteiger partial charge in [-0.25, -0.2) is 8.42 Å². The fourth-order valence-corrected chi connectivity index (χ4v) is 4.53. The molecular formula is C18H29N3O2S. The second-order valence-electron chi connectivity index (χ2n) is 7.19. The molecule has 1 aliphatic rings. The number of nitrogens with one attached hydrogen (secondary N) is 2. The van der Waals surface area contributed by atoms with Gasteiger partial charge in [0.05, 0.1) is 18.1 Å². The topological polar surface area (TPSA) is 70.6 Å². The second kappa shape index (κ2) is 7.55. The number of nitrogens with zero attached hydrogens (tertiary/aromatic N) is 1. The predicted molar refractivity (Wildman–Crippen MR) is 100 cm³/mol. The third-order valence-electron chi connectivity index (χ3n) is 4.35. The number of guanidine groups is 1. The summed E-state index contributed by atoms with van der Waals surface area (Å²) in [6.07, 6.45) is 0.647. The van der Waals surface area contributed by atoms with Gasteiger partial charge < -0.3 is 10.6 Å². The molecule has 6 heteroatoms. The molecule has 1 aromatic rings. The molecule has 1 saturated heterocycles. The van der Waals surface area contributed by atoms with Gasteiger partial charge in [0.1, 0.15) is 0 Å². The molecule has 1 atom stereocenters. The molecule has 0 aliphatic carbocycles. The maximum Gasteiger partial charge on any atom is 0.191 e. The van der Waals surface area contributed by atoms with Gasteiger partial charge in [0.2, 0.25) is 0 Å². The van der Waals surface area contributed by atoms with E-state index < -0.39 is 9.84 Å². The number of rotatable bonds is 5. The van der Waals surface area contributed by atoms with Crippen molar-refractivity contribution in [3.63, 3.8) is 0 Å². The van der Waals surface area contributed by atoms with Gasteiger partial charge in [-0.3, -0.25) is 4.99 Å². The fourth-order valence-electron chi connectivity index (χ4n) is 2.86. The van der Waals surface area contributed by atoms with Crippen molar-refractivity contribution in [2.75, 3.05) is 24.6 Å². The Morgan fingerprint density at radius 1 is 1.38 bits per heavy atom. The highest BCUT2D eigenvalue weighted by atomic mass is 32.2. The van der Waals surface area contributed by atoms with Crippen molar-refractivity contribution in [1.29, 1.82) is 0 Å². The van der Waals surface area contributed by atoms with Crippen molar-refractivity contribution in [2.45, 2.75) is 45.6 Å². The quantitative estimate of drug-likeness (QED) is 0.629. The summed E-state index contributed by atoms with van der Waals surface area (Å²) in [4.78, 5) is 4.70. The summed E-state index contributed by atoms with van der Waals surface area (Å²) in [6.45, 7) is 9.83. The van der Waals surface area contributed by atoms with E-state index in [0.29, 0.717) is 18.9 Å². The Hall–Kier alpha value is -1.56. The highest BCUT2D eigenvalue weighted by Gasteiger charge is 2.28. The zero-order valence-electron chi connectivity index (χ0n) is 15.1. The minimum absolute atomic E-state index is 0.0464. The Kier molecular flexibility index (Phi) is 5.91. The van der Waals surface area contributed by atoms with E-state index in [0.717, 1.165) is 6.54 Å². The van der Waals surface area contributed by atoms with Crippen LogP contribution in [-0.4, -0.2) is 45.0 Å². The normalized spacial score (nSPS) is 20.8. The lowest BCUT2D eigenvalue weighted by Gasteiger charge is -2.25. The molecule has 0 spiro atoms. The molecule has 1 unspecified atom stereocenters. The average molecular weight is 352 g/mol. The van der Waals surface area contributed by atoms with E-state index in [1.807, 2.05) is 6.92 Å². The van der Waals surface area contributed by atoms with Crippen LogP contribution in [0.4, 0.5) is 0 Å². The van der Waals surface area contributed by atoms with Crippen LogP contribution in [-0.2, 0) is 15.3 Å². The third-order valence-corrected chi connectivity index (χ3v) is 6.12. The van der Waals surface area contributed by atoms with E-state index in [1.165, 1.54) is 11.1 Å². The Morgan fingerprint density at radius 3 is 2.71 bits per heavy atom. The summed E-state index contributed by atoms with van der Waals surface area (Å²) in [5.74, 6) is 1.15. The molecule has 134 valence electrons. The summed E-state index contributed by atoms with van der Waals surface area (Å²) < 4.78 is 23.2. The van der Waals surface area contributed by atoms with Gasteiger partial charge in [0.25, 0.3) is 0 Å². The standard InChI is InChI=1S/C18H29N3O2S/c1-5-19-17(21-16-9-10-24(22,23)12-16)20-13-18(3,4)15-8-6-7-14(2)11-15/h6-8,11,16H,5,9-10,12-13H2,1-4H3,(H2,19,20,21). The van der Waals surface area contributed by atoms with Gasteiger partial charge in [-0.2, -0.15) is 0 Å². The highest BCUT2D eigenvalue weighted by Crippen LogP contribution is 2.24. The van der Waals surface area contributed by atoms with Crippen LogP contribution >= 0.6 is 0 Å². The van der Waals surface area contributed by atoms with Crippen LogP contribution in [0.3, 0.4) is 0 Å². The van der Waals surface area contributed by atoms with E-state index in [2.05, 4.69) is 55.7 Å². The van der Waals surface area contributed by atoms with Crippen LogP contribution in [0.15, 0.2) is 29.3 Å². The van der Waals surface area contributed by atoms with Crippen molar-refractivity contribution >= 4 is 15.8 Å². The van der Waals surface area contributed by atoms with Crippen molar-refractivity contribution in [3.8, 4) is 0 Å². The Morgan fingerprint density at radius 2 is 2.12 bits per heavy atom. The van der Waals surface area contributed by atoms with Crippen LogP contribution in [0, 0.1) is 6.92 Å². The number of hydrogen-bond acceptors (Lipinski definition) is 3. The van der Waals surface area contributed by atoms with Crippen molar-refractivity contribution in [1.82, 2.24) is 10.6 Å². The molecule has 1 heterocycles. The van der Waals surface area contributed by atoms with Crippen molar-refractivity contribution in [3.05, 3.63) is 35.4 Å². The maximum absolute atomic E-state index is 11.6. The van der Waals surface area contributed by atoms with Crippen LogP contribution in [0.1, 0.15) is 38.3 Å². The van der Waals surface area contributed by atoms with Crippen molar-refractivity contribution < 1.29 is 8.42 Å². The minimum atomic E-state index is -2.89. The number of aliphatic imine (C=N–C) groups is 1. The van der Waals surface area contributed by atoms with Crippen LogP contribution in [0.2, 0.25) is 0 Å². The lowest BCUT2D eigenvalue weighted by Crippen LogP contribution is -2.44. The smallest absolute Gasteiger partial charge is 0.191 e. The molecule has 2 N–H and O–H groups in total. The summed E-state index contributed by atoms with van der Waals surface area (Å²) in [5, 5.41) is 6.48. The SMILES string of the molecule is CCNC(=NCC(C)(C)c1cccc(C)c1)NC1CCS(=O)(=O)C1. The minimum Gasteiger partial charge on any atom is -0.357 e. The monoisotopic (exact) mass is 351 g/mol. The summed E-state index contributed by atoms with van der Waals surface area (Å²) in [7, 11) is -2.89. The number of aryl methyl sites for hydroxylation is 1. The summed E-state index contributed by atoms with van der Waals surface area (Å²) in [6, 6.07) is 8.44. The van der Waals surface area contributed by atoms with Crippen LogP contribution < -0.4 is 10.6 Å². The average Bonchev–Trinajstić information content (AvgIpc) is 2.84. The molecular weight excluding hydrogens is 322 g/mol. The van der Waals surface area contributed by atoms with Gasteiger partial charge in [0.15, 0.2) is 15.8 Å². The predicted octanol–water partition coefficient (Wildman–Crippen LogP) is 2.01. The molecule has 0 saturated carbocycles. The first kappa shape index (κ1) is 18.8. The summed E-state index contributed by atoms with van der Waals surface area (Å²) >= 11 is 0. The van der Waals surface area contributed by atoms with Crippen LogP contribution in [0.5, 0.6) is 0 Å². The number of sulfone groups is 1. The number of hydrogen-bond donors (Lipinski definition) is 2. The molecule has 0 amide bonds. The molecule has 1 aliphatic heterocycles. The summed E-state index contributed by atoms with van der Waals surface area (Å²) in [5.41, 5.74) is 2.41. The van der Waals surface area contributed by atoms with Gasteiger partial charge in [-0.15, -0.1) is 0 Å². The largest absolute Gasteiger partial charge is 0.357 e. The van der Waals surface area contributed by atoms with E-state index in [9.17, 15) is 8.42 Å². The molecule has 0 bridgehead atoms. The molecule has 0 radical (unpaired) electrons. The fraction of sp³-hybridized carbons (Fsp3) is 0.611. The molecule has 1 fully saturated rings. The molecule has 5 nitrogen and oxygen atoms in total. The molecule has 1 aromatic carbocycles. The van der Waals surface area contributed by atoms with E-state index in [1.54, 1.807) is 0 Å². The van der Waals surface area contributed by atoms with E-state index in [-0.39, 0.29) is 23.0 Å². The Bertz CT molecular complexity index is 696. The highest BCUT2D eigenvalue weighted by molar-refractivity contribution is 7.91. The zero-order chi connectivity index (χ0) is 17.8. The van der Waals surface area contributed by atoms with Gasteiger partial charge in [-0.05, 0) is 25.8 Å². The van der Waals surface area contributed by atoms with Gasteiger partial charge in [0, 0.05) is 18.0 Å². The van der Waals surface area contributed by atoms with Gasteiger partial charge in [-0.1, -0.05) is 43.7 Å². The van der Waals surface area contributed by atoms with Crippen molar-refractivity contribution in [2.24, 2.45) is 4.99 Å². The second-order valence-corrected chi connectivity index (χ2v) is 9.42. The third kappa shape index (κ3) is 5.23. The Balaban J connectivity index is 2.07. The molecule has 2 rings (SSSR count). The Labute approximate surface area is 145 Å². The van der Waals surface area contributed by atoms with E-state index >= 15 is 0 Å². The van der Waals surface area contributed by atoms with Gasteiger partial charge >= 0.3 is 0 Å². The first-order chi connectivity index (χ1) is 11.2. The van der Waals surface area contributed by atoms with E-state index in [4.69, 9.17) is 4.99 Å². The molecule has 24 heavy (non-hydrogen) atoms. The first-order valence-corrected chi connectivity index (χ1v) is 10.4. The maximum atomic E-state index is 11.6. The lowest BCUT2D eigenvalue weighted by molar-refractivity contribution is 0.534. The number of benzene rings is 1. The first-order valence-electron chi connectivity index (χ1n) is 8.54. The zero-order valence-corrected chi connectivity index (χ0v) is 15.9. The molecule has 0 aromatic heterocycles. The van der Waals surface area contributed by atoms with Crippen LogP contribution in [0.25, 0.3) is 0 Å².